The molecule has 2 aromatic rings. The normalized spacial score (nSPS) is 17.4. The van der Waals surface area contributed by atoms with E-state index >= 15 is 0 Å². The second-order valence-corrected chi connectivity index (χ2v) is 6.66. The molecule has 7 nitrogen and oxygen atoms in total. The van der Waals surface area contributed by atoms with Gasteiger partial charge >= 0.3 is 5.97 Å². The highest BCUT2D eigenvalue weighted by atomic mass is 16.4. The number of nitrogens with zero attached hydrogens (tertiary/aromatic N) is 1. The Labute approximate surface area is 156 Å². The van der Waals surface area contributed by atoms with Crippen LogP contribution < -0.4 is 5.73 Å². The molecular weight excluding hydrogens is 346 g/mol. The van der Waals surface area contributed by atoms with Crippen LogP contribution in [0.5, 0.6) is 0 Å². The van der Waals surface area contributed by atoms with E-state index in [0.29, 0.717) is 30.8 Å². The van der Waals surface area contributed by atoms with Crippen molar-refractivity contribution in [2.75, 3.05) is 6.54 Å². The second-order valence-electron chi connectivity index (χ2n) is 6.66. The number of aromatic nitrogens is 1. The van der Waals surface area contributed by atoms with Gasteiger partial charge in [-0.3, -0.25) is 9.59 Å². The van der Waals surface area contributed by atoms with Gasteiger partial charge in [0.2, 0.25) is 11.7 Å². The lowest BCUT2D eigenvalue weighted by Crippen LogP contribution is -2.26. The number of carboxylic acid groups (broad SMARTS) is 1. The van der Waals surface area contributed by atoms with Crippen molar-refractivity contribution in [3.8, 4) is 0 Å². The molecule has 1 atom stereocenters. The smallest absolute Gasteiger partial charge is 0.352 e. The zero-order valence-electron chi connectivity index (χ0n) is 14.9. The third kappa shape index (κ3) is 3.92. The average Bonchev–Trinajstić information content (AvgIpc) is 3.20. The average molecular weight is 367 g/mol. The zero-order chi connectivity index (χ0) is 19.6. The van der Waals surface area contributed by atoms with Crippen LogP contribution >= 0.6 is 0 Å². The molecule has 4 N–H and O–H groups in total. The van der Waals surface area contributed by atoms with Crippen LogP contribution in [0.1, 0.15) is 51.4 Å². The molecule has 7 heteroatoms. The first-order valence-electron chi connectivity index (χ1n) is 8.64. The summed E-state index contributed by atoms with van der Waals surface area (Å²) in [6.45, 7) is 2.60. The quantitative estimate of drug-likeness (QED) is 0.535. The molecule has 1 aromatic carbocycles. The SMILES string of the molecule is C/C(N)=C\C(=O)c1[nH]c(C(=O)O)cc1C1CCN(Cc2ccccc2)C1=O. The minimum Gasteiger partial charge on any atom is -0.477 e. The number of hydrogen-bond donors (Lipinski definition) is 3. The molecule has 1 unspecified atom stereocenters. The highest BCUT2D eigenvalue weighted by Gasteiger charge is 2.36. The first-order chi connectivity index (χ1) is 12.9. The Kier molecular flexibility index (Phi) is 5.12. The Bertz CT molecular complexity index is 911. The maximum absolute atomic E-state index is 12.9. The van der Waals surface area contributed by atoms with E-state index in [0.717, 1.165) is 5.56 Å². The molecule has 1 aromatic heterocycles. The predicted octanol–water partition coefficient (Wildman–Crippen LogP) is 2.27. The van der Waals surface area contributed by atoms with Crippen molar-refractivity contribution in [1.29, 1.82) is 0 Å². The highest BCUT2D eigenvalue weighted by Crippen LogP contribution is 2.33. The van der Waals surface area contributed by atoms with Gasteiger partial charge < -0.3 is 20.7 Å². The summed E-state index contributed by atoms with van der Waals surface area (Å²) >= 11 is 0. The van der Waals surface area contributed by atoms with Gasteiger partial charge in [0.15, 0.2) is 0 Å². The van der Waals surface area contributed by atoms with E-state index in [1.54, 1.807) is 11.8 Å². The number of carboxylic acids is 1. The fourth-order valence-electron chi connectivity index (χ4n) is 3.33. The van der Waals surface area contributed by atoms with Gasteiger partial charge in [-0.1, -0.05) is 30.3 Å². The number of likely N-dealkylation sites (tertiary alicyclic amines) is 1. The molecule has 2 heterocycles. The van der Waals surface area contributed by atoms with E-state index in [-0.39, 0.29) is 17.3 Å². The predicted molar refractivity (Wildman–Crippen MR) is 99.2 cm³/mol. The topological polar surface area (TPSA) is 116 Å². The lowest BCUT2D eigenvalue weighted by molar-refractivity contribution is -0.129. The Morgan fingerprint density at radius 1 is 1.33 bits per heavy atom. The van der Waals surface area contributed by atoms with Gasteiger partial charge in [0.25, 0.3) is 0 Å². The number of aromatic amines is 1. The third-order valence-electron chi connectivity index (χ3n) is 4.57. The van der Waals surface area contributed by atoms with Crippen molar-refractivity contribution in [3.63, 3.8) is 0 Å². The van der Waals surface area contributed by atoms with Crippen molar-refractivity contribution in [2.45, 2.75) is 25.8 Å². The summed E-state index contributed by atoms with van der Waals surface area (Å²) in [5.74, 6) is -2.29. The summed E-state index contributed by atoms with van der Waals surface area (Å²) in [6.07, 6.45) is 1.75. The van der Waals surface area contributed by atoms with E-state index in [1.807, 2.05) is 30.3 Å². The first-order valence-corrected chi connectivity index (χ1v) is 8.64. The van der Waals surface area contributed by atoms with E-state index < -0.39 is 17.7 Å². The number of amides is 1. The Morgan fingerprint density at radius 3 is 2.67 bits per heavy atom. The van der Waals surface area contributed by atoms with Crippen molar-refractivity contribution in [2.24, 2.45) is 5.73 Å². The Balaban J connectivity index is 1.89. The minimum atomic E-state index is -1.18. The van der Waals surface area contributed by atoms with Crippen molar-refractivity contribution >= 4 is 17.7 Å². The van der Waals surface area contributed by atoms with E-state index in [4.69, 9.17) is 5.73 Å². The summed E-state index contributed by atoms with van der Waals surface area (Å²) in [7, 11) is 0. The van der Waals surface area contributed by atoms with Gasteiger partial charge in [-0.2, -0.15) is 0 Å². The lowest BCUT2D eigenvalue weighted by atomic mass is 9.96. The highest BCUT2D eigenvalue weighted by molar-refractivity contribution is 6.07. The molecule has 0 bridgehead atoms. The van der Waals surface area contributed by atoms with Crippen molar-refractivity contribution in [1.82, 2.24) is 9.88 Å². The Morgan fingerprint density at radius 2 is 2.04 bits per heavy atom. The van der Waals surface area contributed by atoms with Crippen molar-refractivity contribution < 1.29 is 19.5 Å². The summed E-state index contributed by atoms with van der Waals surface area (Å²) in [5.41, 5.74) is 7.30. The molecule has 1 fully saturated rings. The van der Waals surface area contributed by atoms with Crippen LogP contribution in [-0.2, 0) is 11.3 Å². The maximum Gasteiger partial charge on any atom is 0.352 e. The van der Waals surface area contributed by atoms with Gasteiger partial charge in [0.05, 0.1) is 11.6 Å². The molecule has 1 aliphatic rings. The van der Waals surface area contributed by atoms with E-state index in [2.05, 4.69) is 4.98 Å². The fraction of sp³-hybridized carbons (Fsp3) is 0.250. The van der Waals surface area contributed by atoms with Crippen LogP contribution in [0.4, 0.5) is 0 Å². The summed E-state index contributed by atoms with van der Waals surface area (Å²) in [5, 5.41) is 9.26. The molecule has 1 amide bonds. The van der Waals surface area contributed by atoms with Crippen LogP contribution in [0, 0.1) is 0 Å². The lowest BCUT2D eigenvalue weighted by Gasteiger charge is -2.17. The molecule has 0 saturated carbocycles. The molecule has 0 radical (unpaired) electrons. The van der Waals surface area contributed by atoms with Crippen LogP contribution in [0.2, 0.25) is 0 Å². The van der Waals surface area contributed by atoms with Crippen LogP contribution in [0.25, 0.3) is 0 Å². The Hall–Kier alpha value is -3.35. The number of nitrogens with one attached hydrogen (secondary N) is 1. The number of nitrogens with two attached hydrogens (primary N) is 1. The van der Waals surface area contributed by atoms with Crippen LogP contribution in [0.15, 0.2) is 48.2 Å². The molecule has 0 spiro atoms. The number of rotatable bonds is 6. The zero-order valence-corrected chi connectivity index (χ0v) is 14.9. The van der Waals surface area contributed by atoms with Crippen LogP contribution in [0.3, 0.4) is 0 Å². The summed E-state index contributed by atoms with van der Waals surface area (Å²) in [6, 6.07) is 11.0. The van der Waals surface area contributed by atoms with Gasteiger partial charge in [-0.05, 0) is 30.5 Å². The number of benzene rings is 1. The van der Waals surface area contributed by atoms with Gasteiger partial charge in [-0.25, -0.2) is 4.79 Å². The minimum absolute atomic E-state index is 0.108. The largest absolute Gasteiger partial charge is 0.477 e. The van der Waals surface area contributed by atoms with Crippen molar-refractivity contribution in [3.05, 3.63) is 70.7 Å². The third-order valence-corrected chi connectivity index (χ3v) is 4.57. The number of H-pyrrole nitrogens is 1. The van der Waals surface area contributed by atoms with Gasteiger partial charge in [0.1, 0.15) is 5.69 Å². The number of carbonyl (C=O) groups is 3. The van der Waals surface area contributed by atoms with Gasteiger partial charge in [0, 0.05) is 24.9 Å². The molecule has 27 heavy (non-hydrogen) atoms. The van der Waals surface area contributed by atoms with Gasteiger partial charge in [-0.15, -0.1) is 0 Å². The first kappa shape index (κ1) is 18.4. The number of allylic oxidation sites excluding steroid dienone is 2. The number of carbonyl (C=O) groups excluding carboxylic acids is 2. The van der Waals surface area contributed by atoms with E-state index in [1.165, 1.54) is 12.1 Å². The monoisotopic (exact) mass is 367 g/mol. The van der Waals surface area contributed by atoms with Crippen LogP contribution in [-0.4, -0.2) is 39.2 Å². The molecular formula is C20H21N3O4. The molecule has 0 aliphatic carbocycles. The second kappa shape index (κ2) is 7.49. The maximum atomic E-state index is 12.9. The number of aromatic carboxylic acids is 1. The fourth-order valence-corrected chi connectivity index (χ4v) is 3.33. The number of ketones is 1. The standard InChI is InChI=1S/C20H21N3O4/c1-12(21)9-17(24)18-15(10-16(22-18)20(26)27)14-7-8-23(19(14)25)11-13-5-3-2-4-6-13/h2-6,9-10,14,22H,7-8,11,21H2,1H3,(H,26,27)/b12-9+. The molecule has 3 rings (SSSR count). The summed E-state index contributed by atoms with van der Waals surface area (Å²) in [4.78, 5) is 41.0. The molecule has 140 valence electrons. The number of hydrogen-bond acceptors (Lipinski definition) is 4. The molecule has 1 saturated heterocycles. The summed E-state index contributed by atoms with van der Waals surface area (Å²) < 4.78 is 0. The van der Waals surface area contributed by atoms with E-state index in [9.17, 15) is 19.5 Å². The molecule has 1 aliphatic heterocycles.